The fourth-order valence-corrected chi connectivity index (χ4v) is 2.81. The van der Waals surface area contributed by atoms with Crippen molar-refractivity contribution in [2.24, 2.45) is 0 Å². The van der Waals surface area contributed by atoms with Crippen molar-refractivity contribution in [3.05, 3.63) is 71.8 Å². The van der Waals surface area contributed by atoms with E-state index in [2.05, 4.69) is 0 Å². The average molecular weight is 336 g/mol. The van der Waals surface area contributed by atoms with Crippen LogP contribution in [0.1, 0.15) is 42.2 Å². The van der Waals surface area contributed by atoms with Crippen LogP contribution in [0.25, 0.3) is 0 Å². The third-order valence-corrected chi connectivity index (χ3v) is 4.16. The fraction of sp³-hybridized carbons (Fsp3) is 0.238. The molecule has 4 heteroatoms. The first-order chi connectivity index (χ1) is 12.2. The molecule has 0 saturated heterocycles. The predicted molar refractivity (Wildman–Crippen MR) is 94.4 cm³/mol. The molecule has 4 nitrogen and oxygen atoms in total. The molecule has 2 aromatic carbocycles. The molecule has 128 valence electrons. The van der Waals surface area contributed by atoms with Gasteiger partial charge in [0.05, 0.1) is 5.92 Å². The predicted octanol–water partition coefficient (Wildman–Crippen LogP) is 3.26. The molecule has 2 rings (SSSR count). The molecule has 0 saturated carbocycles. The minimum absolute atomic E-state index is 0.0296. The number of rotatable bonds is 10. The van der Waals surface area contributed by atoms with Crippen LogP contribution in [0.3, 0.4) is 0 Å². The first-order valence-electron chi connectivity index (χ1n) is 8.23. The van der Waals surface area contributed by atoms with Gasteiger partial charge in [0.1, 0.15) is 12.6 Å². The van der Waals surface area contributed by atoms with Crippen molar-refractivity contribution < 1.29 is 19.2 Å². The number of hydrogen-bond acceptors (Lipinski definition) is 4. The maximum atomic E-state index is 12.7. The quantitative estimate of drug-likeness (QED) is 0.493. The molecule has 0 amide bonds. The number of aldehydes is 2. The molecule has 0 N–H and O–H groups in total. The third kappa shape index (κ3) is 5.05. The van der Waals surface area contributed by atoms with E-state index in [0.29, 0.717) is 11.8 Å². The summed E-state index contributed by atoms with van der Waals surface area (Å²) in [6, 6.07) is 18.2. The van der Waals surface area contributed by atoms with E-state index in [4.69, 9.17) is 0 Å². The number of ketones is 2. The second kappa shape index (κ2) is 9.42. The zero-order valence-electron chi connectivity index (χ0n) is 13.8. The maximum Gasteiger partial charge on any atom is 0.205 e. The molecule has 2 unspecified atom stereocenters. The van der Waals surface area contributed by atoms with Crippen LogP contribution in [0.15, 0.2) is 60.7 Å². The Morgan fingerprint density at radius 1 is 0.840 bits per heavy atom. The molecule has 0 radical (unpaired) electrons. The summed E-state index contributed by atoms with van der Waals surface area (Å²) in [5.74, 6) is -2.29. The summed E-state index contributed by atoms with van der Waals surface area (Å²) in [6.07, 6.45) is 1.60. The Bertz CT molecular complexity index is 722. The Morgan fingerprint density at radius 2 is 1.40 bits per heavy atom. The van der Waals surface area contributed by atoms with E-state index >= 15 is 0 Å². The van der Waals surface area contributed by atoms with Crippen molar-refractivity contribution in [1.82, 2.24) is 0 Å². The molecule has 2 atom stereocenters. The van der Waals surface area contributed by atoms with Crippen molar-refractivity contribution in [3.8, 4) is 0 Å². The lowest BCUT2D eigenvalue weighted by Crippen LogP contribution is -2.24. The van der Waals surface area contributed by atoms with Crippen molar-refractivity contribution in [3.63, 3.8) is 0 Å². The van der Waals surface area contributed by atoms with E-state index in [1.807, 2.05) is 36.4 Å². The molecule has 0 aliphatic heterocycles. The van der Waals surface area contributed by atoms with E-state index < -0.39 is 23.4 Å². The summed E-state index contributed by atoms with van der Waals surface area (Å²) < 4.78 is 0. The number of hydrogen-bond donors (Lipinski definition) is 0. The SMILES string of the molecule is O=CCCC(=O)C(=O)C(CC(C=O)c1ccccc1)c1ccccc1. The Hall–Kier alpha value is -2.88. The lowest BCUT2D eigenvalue weighted by molar-refractivity contribution is -0.138. The van der Waals surface area contributed by atoms with Gasteiger partial charge in [0.15, 0.2) is 5.78 Å². The first-order valence-corrected chi connectivity index (χ1v) is 8.23. The topological polar surface area (TPSA) is 68.3 Å². The molecule has 0 aliphatic carbocycles. The van der Waals surface area contributed by atoms with Gasteiger partial charge in [-0.25, -0.2) is 0 Å². The van der Waals surface area contributed by atoms with Gasteiger partial charge in [-0.2, -0.15) is 0 Å². The summed E-state index contributed by atoms with van der Waals surface area (Å²) in [5.41, 5.74) is 1.52. The van der Waals surface area contributed by atoms with Crippen LogP contribution in [-0.4, -0.2) is 24.1 Å². The second-order valence-corrected chi connectivity index (χ2v) is 5.85. The Balaban J connectivity index is 2.28. The molecule has 25 heavy (non-hydrogen) atoms. The number of carbonyl (C=O) groups is 4. The Morgan fingerprint density at radius 3 is 1.92 bits per heavy atom. The third-order valence-electron chi connectivity index (χ3n) is 4.16. The van der Waals surface area contributed by atoms with Crippen LogP contribution in [0.2, 0.25) is 0 Å². The van der Waals surface area contributed by atoms with Crippen molar-refractivity contribution >= 4 is 24.1 Å². The standard InChI is InChI=1S/C21H20O4/c22-13-7-12-20(24)21(25)19(17-10-5-2-6-11-17)14-18(15-23)16-8-3-1-4-9-16/h1-6,8-11,13,15,18-19H,7,12,14H2. The van der Waals surface area contributed by atoms with Crippen LogP contribution in [0.5, 0.6) is 0 Å². The molecule has 0 spiro atoms. The Kier molecular flexibility index (Phi) is 6.96. The molecular formula is C21H20O4. The highest BCUT2D eigenvalue weighted by Crippen LogP contribution is 2.30. The van der Waals surface area contributed by atoms with Crippen LogP contribution in [-0.2, 0) is 19.2 Å². The fourth-order valence-electron chi connectivity index (χ4n) is 2.81. The van der Waals surface area contributed by atoms with Gasteiger partial charge in [-0.1, -0.05) is 60.7 Å². The van der Waals surface area contributed by atoms with Gasteiger partial charge in [-0.05, 0) is 17.5 Å². The molecule has 0 heterocycles. The second-order valence-electron chi connectivity index (χ2n) is 5.85. The number of Topliss-reactive ketones (excluding diaryl/α,β-unsaturated/α-hetero) is 2. The van der Waals surface area contributed by atoms with Crippen LogP contribution >= 0.6 is 0 Å². The lowest BCUT2D eigenvalue weighted by atomic mass is 9.82. The molecule has 0 aromatic heterocycles. The monoisotopic (exact) mass is 336 g/mol. The largest absolute Gasteiger partial charge is 0.303 e. The van der Waals surface area contributed by atoms with Gasteiger partial charge in [-0.3, -0.25) is 9.59 Å². The van der Waals surface area contributed by atoms with Crippen LogP contribution < -0.4 is 0 Å². The van der Waals surface area contributed by atoms with E-state index in [0.717, 1.165) is 11.8 Å². The lowest BCUT2D eigenvalue weighted by Gasteiger charge is -2.19. The maximum absolute atomic E-state index is 12.7. The van der Waals surface area contributed by atoms with E-state index in [9.17, 15) is 19.2 Å². The summed E-state index contributed by atoms with van der Waals surface area (Å²) in [5, 5.41) is 0. The normalized spacial score (nSPS) is 12.8. The van der Waals surface area contributed by atoms with E-state index in [-0.39, 0.29) is 19.3 Å². The smallest absolute Gasteiger partial charge is 0.205 e. The van der Waals surface area contributed by atoms with Crippen LogP contribution in [0, 0.1) is 0 Å². The minimum atomic E-state index is -0.698. The highest BCUT2D eigenvalue weighted by atomic mass is 16.2. The van der Waals surface area contributed by atoms with Crippen molar-refractivity contribution in [2.45, 2.75) is 31.1 Å². The highest BCUT2D eigenvalue weighted by molar-refractivity contribution is 6.39. The molecule has 0 fully saturated rings. The number of benzene rings is 2. The molecule has 2 aromatic rings. The van der Waals surface area contributed by atoms with Gasteiger partial charge in [0.25, 0.3) is 0 Å². The van der Waals surface area contributed by atoms with Crippen molar-refractivity contribution in [2.75, 3.05) is 0 Å². The molecule has 0 aliphatic rings. The molecule has 0 bridgehead atoms. The molecular weight excluding hydrogens is 316 g/mol. The summed E-state index contributed by atoms with van der Waals surface area (Å²) >= 11 is 0. The van der Waals surface area contributed by atoms with E-state index in [1.54, 1.807) is 24.3 Å². The summed E-state index contributed by atoms with van der Waals surface area (Å²) in [6.45, 7) is 0. The van der Waals surface area contributed by atoms with Gasteiger partial charge < -0.3 is 9.59 Å². The van der Waals surface area contributed by atoms with Crippen molar-refractivity contribution in [1.29, 1.82) is 0 Å². The Labute approximate surface area is 146 Å². The summed E-state index contributed by atoms with van der Waals surface area (Å²) in [7, 11) is 0. The summed E-state index contributed by atoms with van der Waals surface area (Å²) in [4.78, 5) is 46.8. The van der Waals surface area contributed by atoms with Gasteiger partial charge in [0, 0.05) is 18.8 Å². The number of carbonyl (C=O) groups excluding carboxylic acids is 4. The first kappa shape index (κ1) is 18.5. The van der Waals surface area contributed by atoms with E-state index in [1.165, 1.54) is 0 Å². The minimum Gasteiger partial charge on any atom is -0.303 e. The highest BCUT2D eigenvalue weighted by Gasteiger charge is 2.29. The van der Waals surface area contributed by atoms with Gasteiger partial charge in [0.2, 0.25) is 5.78 Å². The van der Waals surface area contributed by atoms with Gasteiger partial charge in [-0.15, -0.1) is 0 Å². The van der Waals surface area contributed by atoms with Crippen LogP contribution in [0.4, 0.5) is 0 Å². The zero-order chi connectivity index (χ0) is 18.1. The zero-order valence-corrected chi connectivity index (χ0v) is 13.8. The van der Waals surface area contributed by atoms with Gasteiger partial charge >= 0.3 is 0 Å². The average Bonchev–Trinajstić information content (AvgIpc) is 2.68.